The lowest BCUT2D eigenvalue weighted by Gasteiger charge is -2.16. The van der Waals surface area contributed by atoms with Crippen LogP contribution < -0.4 is 15.8 Å². The van der Waals surface area contributed by atoms with Crippen LogP contribution in [0.1, 0.15) is 32.6 Å². The number of benzene rings is 1. The number of nitrogens with one attached hydrogen (secondary N) is 1. The molecular weight excluding hydrogens is 266 g/mol. The van der Waals surface area contributed by atoms with Crippen LogP contribution in [0.4, 0.5) is 11.4 Å². The van der Waals surface area contributed by atoms with Crippen molar-refractivity contribution in [1.82, 2.24) is 4.90 Å². The molecule has 1 aromatic rings. The lowest BCUT2D eigenvalue weighted by atomic mass is 10.2. The third kappa shape index (κ3) is 6.49. The summed E-state index contributed by atoms with van der Waals surface area (Å²) in [6.45, 7) is 3.97. The van der Waals surface area contributed by atoms with E-state index in [1.165, 1.54) is 19.3 Å². The van der Waals surface area contributed by atoms with E-state index in [0.717, 1.165) is 13.1 Å². The van der Waals surface area contributed by atoms with Crippen LogP contribution in [0.15, 0.2) is 18.2 Å². The molecule has 0 aliphatic carbocycles. The van der Waals surface area contributed by atoms with Crippen molar-refractivity contribution in [2.24, 2.45) is 0 Å². The molecule has 0 aliphatic rings. The first-order chi connectivity index (χ1) is 10.1. The molecule has 0 bridgehead atoms. The second kappa shape index (κ2) is 9.23. The zero-order chi connectivity index (χ0) is 15.7. The van der Waals surface area contributed by atoms with Crippen LogP contribution in [0.25, 0.3) is 0 Å². The van der Waals surface area contributed by atoms with Crippen LogP contribution in [0.3, 0.4) is 0 Å². The minimum absolute atomic E-state index is 0.0266. The van der Waals surface area contributed by atoms with Gasteiger partial charge in [-0.15, -0.1) is 0 Å². The highest BCUT2D eigenvalue weighted by atomic mass is 16.5. The average Bonchev–Trinajstić information content (AvgIpc) is 2.46. The van der Waals surface area contributed by atoms with Crippen molar-refractivity contribution in [1.29, 1.82) is 0 Å². The lowest BCUT2D eigenvalue weighted by molar-refractivity contribution is -0.116. The van der Waals surface area contributed by atoms with Gasteiger partial charge in [0.05, 0.1) is 12.8 Å². The highest BCUT2D eigenvalue weighted by Gasteiger charge is 2.09. The van der Waals surface area contributed by atoms with E-state index in [4.69, 9.17) is 10.5 Å². The molecular formula is C16H27N3O2. The van der Waals surface area contributed by atoms with Gasteiger partial charge in [-0.25, -0.2) is 0 Å². The summed E-state index contributed by atoms with van der Waals surface area (Å²) in [5.41, 5.74) is 6.95. The van der Waals surface area contributed by atoms with Crippen molar-refractivity contribution >= 4 is 17.3 Å². The van der Waals surface area contributed by atoms with Gasteiger partial charge < -0.3 is 20.7 Å². The molecule has 0 saturated carbocycles. The van der Waals surface area contributed by atoms with E-state index in [9.17, 15) is 4.79 Å². The van der Waals surface area contributed by atoms with Crippen molar-refractivity contribution in [3.63, 3.8) is 0 Å². The fraction of sp³-hybridized carbons (Fsp3) is 0.562. The van der Waals surface area contributed by atoms with Gasteiger partial charge in [0.15, 0.2) is 0 Å². The highest BCUT2D eigenvalue weighted by molar-refractivity contribution is 5.93. The molecule has 5 nitrogen and oxygen atoms in total. The number of amides is 1. The number of ether oxygens (including phenoxy) is 1. The minimum Gasteiger partial charge on any atom is -0.495 e. The number of carbonyl (C=O) groups excluding carboxylic acids is 1. The molecule has 21 heavy (non-hydrogen) atoms. The Morgan fingerprint density at radius 3 is 2.76 bits per heavy atom. The summed E-state index contributed by atoms with van der Waals surface area (Å²) in [6.07, 6.45) is 4.08. The van der Waals surface area contributed by atoms with Gasteiger partial charge >= 0.3 is 0 Å². The van der Waals surface area contributed by atoms with Crippen LogP contribution >= 0.6 is 0 Å². The van der Waals surface area contributed by atoms with Gasteiger partial charge in [0.1, 0.15) is 5.75 Å². The van der Waals surface area contributed by atoms with Gasteiger partial charge in [-0.2, -0.15) is 0 Å². The third-order valence-corrected chi connectivity index (χ3v) is 3.36. The predicted molar refractivity (Wildman–Crippen MR) is 87.7 cm³/mol. The number of nitrogen functional groups attached to an aromatic ring is 1. The second-order valence-corrected chi connectivity index (χ2v) is 5.27. The van der Waals surface area contributed by atoms with Crippen molar-refractivity contribution in [3.8, 4) is 5.75 Å². The number of hydrogen-bond acceptors (Lipinski definition) is 4. The highest BCUT2D eigenvalue weighted by Crippen LogP contribution is 2.26. The van der Waals surface area contributed by atoms with Crippen molar-refractivity contribution in [2.75, 3.05) is 38.3 Å². The molecule has 1 aromatic carbocycles. The number of rotatable bonds is 9. The van der Waals surface area contributed by atoms with Gasteiger partial charge in [-0.05, 0) is 38.2 Å². The number of carbonyl (C=O) groups is 1. The predicted octanol–water partition coefficient (Wildman–Crippen LogP) is 2.73. The Morgan fingerprint density at radius 2 is 2.10 bits per heavy atom. The molecule has 0 aliphatic heterocycles. The van der Waals surface area contributed by atoms with Crippen LogP contribution in [-0.4, -0.2) is 38.1 Å². The second-order valence-electron chi connectivity index (χ2n) is 5.27. The summed E-state index contributed by atoms with van der Waals surface area (Å²) in [7, 11) is 3.62. The summed E-state index contributed by atoms with van der Waals surface area (Å²) in [4.78, 5) is 14.2. The van der Waals surface area contributed by atoms with Crippen molar-refractivity contribution in [3.05, 3.63) is 18.2 Å². The Hall–Kier alpha value is -1.75. The molecule has 5 heteroatoms. The molecule has 0 atom stereocenters. The van der Waals surface area contributed by atoms with Gasteiger partial charge in [0.25, 0.3) is 0 Å². The van der Waals surface area contributed by atoms with Gasteiger partial charge in [0.2, 0.25) is 5.91 Å². The standard InChI is InChI=1S/C16H27N3O2/c1-4-5-6-10-19(2)11-9-16(20)18-14-12-13(17)7-8-15(14)21-3/h7-8,12H,4-6,9-11,17H2,1-3H3,(H,18,20). The van der Waals surface area contributed by atoms with Crippen molar-refractivity contribution in [2.45, 2.75) is 32.6 Å². The van der Waals surface area contributed by atoms with Crippen LogP contribution in [0.5, 0.6) is 5.75 Å². The number of anilines is 2. The molecule has 0 heterocycles. The molecule has 0 radical (unpaired) electrons. The first kappa shape index (κ1) is 17.3. The first-order valence-electron chi connectivity index (χ1n) is 7.48. The maximum atomic E-state index is 12.0. The van der Waals surface area contributed by atoms with Gasteiger partial charge in [-0.3, -0.25) is 4.79 Å². The molecule has 1 rings (SSSR count). The molecule has 3 N–H and O–H groups in total. The van der Waals surface area contributed by atoms with E-state index >= 15 is 0 Å². The van der Waals surface area contributed by atoms with Crippen LogP contribution in [-0.2, 0) is 4.79 Å². The monoisotopic (exact) mass is 293 g/mol. The van der Waals surface area contributed by atoms with Crippen LogP contribution in [0, 0.1) is 0 Å². The van der Waals surface area contributed by atoms with E-state index < -0.39 is 0 Å². The molecule has 0 unspecified atom stereocenters. The molecule has 0 aromatic heterocycles. The Balaban J connectivity index is 2.41. The topological polar surface area (TPSA) is 67.6 Å². The van der Waals surface area contributed by atoms with Crippen LogP contribution in [0.2, 0.25) is 0 Å². The fourth-order valence-electron chi connectivity index (χ4n) is 2.07. The van der Waals surface area contributed by atoms with E-state index in [1.807, 2.05) is 7.05 Å². The molecule has 1 amide bonds. The number of unbranched alkanes of at least 4 members (excludes halogenated alkanes) is 2. The lowest BCUT2D eigenvalue weighted by Crippen LogP contribution is -2.25. The van der Waals surface area contributed by atoms with Crippen molar-refractivity contribution < 1.29 is 9.53 Å². The number of nitrogens with two attached hydrogens (primary N) is 1. The summed E-state index contributed by atoms with van der Waals surface area (Å²) in [5, 5.41) is 2.85. The Kier molecular flexibility index (Phi) is 7.61. The molecule has 0 saturated heterocycles. The zero-order valence-corrected chi connectivity index (χ0v) is 13.3. The minimum atomic E-state index is -0.0266. The van der Waals surface area contributed by atoms with Gasteiger partial charge in [0, 0.05) is 18.7 Å². The normalized spacial score (nSPS) is 10.7. The maximum absolute atomic E-state index is 12.0. The SMILES string of the molecule is CCCCCN(C)CCC(=O)Nc1cc(N)ccc1OC. The maximum Gasteiger partial charge on any atom is 0.225 e. The number of nitrogens with zero attached hydrogens (tertiary/aromatic N) is 1. The number of methoxy groups -OCH3 is 1. The van der Waals surface area contributed by atoms with E-state index in [1.54, 1.807) is 25.3 Å². The summed E-state index contributed by atoms with van der Waals surface area (Å²) >= 11 is 0. The fourth-order valence-corrected chi connectivity index (χ4v) is 2.07. The summed E-state index contributed by atoms with van der Waals surface area (Å²) in [5.74, 6) is 0.593. The summed E-state index contributed by atoms with van der Waals surface area (Å²) < 4.78 is 5.21. The van der Waals surface area contributed by atoms with Gasteiger partial charge in [-0.1, -0.05) is 19.8 Å². The quantitative estimate of drug-likeness (QED) is 0.542. The summed E-state index contributed by atoms with van der Waals surface area (Å²) in [6, 6.07) is 5.21. The Labute approximate surface area is 127 Å². The Bertz CT molecular complexity index is 449. The third-order valence-electron chi connectivity index (χ3n) is 3.36. The van der Waals surface area contributed by atoms with E-state index in [-0.39, 0.29) is 5.91 Å². The average molecular weight is 293 g/mol. The Morgan fingerprint density at radius 1 is 1.33 bits per heavy atom. The first-order valence-corrected chi connectivity index (χ1v) is 7.48. The van der Waals surface area contributed by atoms with E-state index in [2.05, 4.69) is 17.1 Å². The van der Waals surface area contributed by atoms with E-state index in [0.29, 0.717) is 23.5 Å². The number of hydrogen-bond donors (Lipinski definition) is 2. The molecule has 0 fully saturated rings. The largest absolute Gasteiger partial charge is 0.495 e. The zero-order valence-electron chi connectivity index (χ0n) is 13.3. The molecule has 118 valence electrons. The molecule has 0 spiro atoms. The smallest absolute Gasteiger partial charge is 0.225 e.